The van der Waals surface area contributed by atoms with Gasteiger partial charge in [-0.3, -0.25) is 0 Å². The number of rotatable bonds is 4. The van der Waals surface area contributed by atoms with Crippen LogP contribution in [0.25, 0.3) is 0 Å². The molecule has 72 valence electrons. The molecule has 0 aliphatic heterocycles. The Balaban J connectivity index is 2.50. The molecule has 0 aromatic heterocycles. The third kappa shape index (κ3) is 3.36. The number of thioether (sulfide) groups is 1. The molecule has 13 heavy (non-hydrogen) atoms. The van der Waals surface area contributed by atoms with Crippen LogP contribution in [-0.2, 0) is 0 Å². The quantitative estimate of drug-likeness (QED) is 0.748. The molecular weight excluding hydrogens is 185 g/mol. The van der Waals surface area contributed by atoms with E-state index in [1.807, 2.05) is 19.2 Å². The van der Waals surface area contributed by atoms with Crippen LogP contribution in [0.5, 0.6) is 0 Å². The monoisotopic (exact) mass is 199 g/mol. The van der Waals surface area contributed by atoms with E-state index in [4.69, 9.17) is 0 Å². The second-order valence-electron chi connectivity index (χ2n) is 2.93. The van der Waals surface area contributed by atoms with E-state index in [0.717, 1.165) is 10.6 Å². The highest BCUT2D eigenvalue weighted by Gasteiger charge is 2.03. The van der Waals surface area contributed by atoms with Crippen LogP contribution in [0.1, 0.15) is 6.92 Å². The molecule has 1 N–H and O–H groups in total. The van der Waals surface area contributed by atoms with Crippen molar-refractivity contribution in [2.24, 2.45) is 0 Å². The maximum atomic E-state index is 13.1. The number of hydrogen-bond acceptors (Lipinski definition) is 2. The molecule has 1 nitrogen and oxygen atoms in total. The van der Waals surface area contributed by atoms with E-state index in [-0.39, 0.29) is 5.82 Å². The number of halogens is 1. The first-order chi connectivity index (χ1) is 6.24. The first kappa shape index (κ1) is 10.5. The van der Waals surface area contributed by atoms with Gasteiger partial charge in [0.1, 0.15) is 5.82 Å². The van der Waals surface area contributed by atoms with Crippen molar-refractivity contribution in [1.29, 1.82) is 0 Å². The average molecular weight is 199 g/mol. The molecule has 0 saturated carbocycles. The van der Waals surface area contributed by atoms with Gasteiger partial charge in [-0.1, -0.05) is 12.1 Å². The molecule has 0 amide bonds. The Kier molecular flexibility index (Phi) is 4.25. The lowest BCUT2D eigenvalue weighted by molar-refractivity contribution is 0.601. The van der Waals surface area contributed by atoms with E-state index in [2.05, 4.69) is 12.2 Å². The summed E-state index contributed by atoms with van der Waals surface area (Å²) in [6, 6.07) is 7.27. The Morgan fingerprint density at radius 3 is 2.77 bits per heavy atom. The fourth-order valence-corrected chi connectivity index (χ4v) is 1.84. The fourth-order valence-electron chi connectivity index (χ4n) is 0.860. The Labute approximate surface area is 82.7 Å². The van der Waals surface area contributed by atoms with Crippen molar-refractivity contribution in [1.82, 2.24) is 5.32 Å². The standard InChI is InChI=1S/C10H14FNS/c1-8(12-2)7-13-10-6-4-3-5-9(10)11/h3-6,8,12H,7H2,1-2H3. The van der Waals surface area contributed by atoms with Crippen molar-refractivity contribution in [3.8, 4) is 0 Å². The van der Waals surface area contributed by atoms with Gasteiger partial charge in [-0.15, -0.1) is 11.8 Å². The highest BCUT2D eigenvalue weighted by molar-refractivity contribution is 7.99. The minimum Gasteiger partial charge on any atom is -0.316 e. The van der Waals surface area contributed by atoms with Crippen LogP contribution in [0.3, 0.4) is 0 Å². The minimum absolute atomic E-state index is 0.129. The molecule has 1 aromatic carbocycles. The molecular formula is C10H14FNS. The van der Waals surface area contributed by atoms with E-state index in [1.165, 1.54) is 6.07 Å². The Bertz CT molecular complexity index is 265. The molecule has 1 unspecified atom stereocenters. The summed E-state index contributed by atoms with van der Waals surface area (Å²) in [6.07, 6.45) is 0. The molecule has 0 radical (unpaired) electrons. The van der Waals surface area contributed by atoms with E-state index < -0.39 is 0 Å². The lowest BCUT2D eigenvalue weighted by Crippen LogP contribution is -2.23. The molecule has 0 fully saturated rings. The van der Waals surface area contributed by atoms with Gasteiger partial charge in [-0.05, 0) is 26.1 Å². The topological polar surface area (TPSA) is 12.0 Å². The van der Waals surface area contributed by atoms with Crippen molar-refractivity contribution in [2.75, 3.05) is 12.8 Å². The van der Waals surface area contributed by atoms with Gasteiger partial charge in [-0.25, -0.2) is 4.39 Å². The van der Waals surface area contributed by atoms with Gasteiger partial charge in [0.15, 0.2) is 0 Å². The largest absolute Gasteiger partial charge is 0.316 e. The van der Waals surface area contributed by atoms with Crippen molar-refractivity contribution in [3.63, 3.8) is 0 Å². The maximum absolute atomic E-state index is 13.1. The van der Waals surface area contributed by atoms with E-state index in [1.54, 1.807) is 17.8 Å². The second-order valence-corrected chi connectivity index (χ2v) is 3.99. The third-order valence-corrected chi connectivity index (χ3v) is 3.13. The number of hydrogen-bond donors (Lipinski definition) is 1. The fraction of sp³-hybridized carbons (Fsp3) is 0.400. The minimum atomic E-state index is -0.129. The van der Waals surface area contributed by atoms with Crippen LogP contribution in [0.4, 0.5) is 4.39 Å². The smallest absolute Gasteiger partial charge is 0.136 e. The van der Waals surface area contributed by atoms with Crippen LogP contribution >= 0.6 is 11.8 Å². The summed E-state index contributed by atoms with van der Waals surface area (Å²) in [5.74, 6) is 0.757. The van der Waals surface area contributed by atoms with Crippen molar-refractivity contribution >= 4 is 11.8 Å². The highest BCUT2D eigenvalue weighted by Crippen LogP contribution is 2.21. The van der Waals surface area contributed by atoms with Gasteiger partial charge >= 0.3 is 0 Å². The molecule has 3 heteroatoms. The third-order valence-electron chi connectivity index (χ3n) is 1.82. The summed E-state index contributed by atoms with van der Waals surface area (Å²) < 4.78 is 13.1. The van der Waals surface area contributed by atoms with Crippen molar-refractivity contribution in [2.45, 2.75) is 17.9 Å². The molecule has 0 bridgehead atoms. The predicted octanol–water partition coefficient (Wildman–Crippen LogP) is 2.53. The second kappa shape index (κ2) is 5.25. The average Bonchev–Trinajstić information content (AvgIpc) is 2.16. The normalized spacial score (nSPS) is 12.8. The molecule has 1 aromatic rings. The Hall–Kier alpha value is -0.540. The molecule has 0 aliphatic rings. The van der Waals surface area contributed by atoms with Crippen LogP contribution < -0.4 is 5.32 Å². The van der Waals surface area contributed by atoms with Gasteiger partial charge in [0.2, 0.25) is 0 Å². The van der Waals surface area contributed by atoms with Gasteiger partial charge < -0.3 is 5.32 Å². The van der Waals surface area contributed by atoms with Gasteiger partial charge in [-0.2, -0.15) is 0 Å². The molecule has 1 rings (SSSR count). The first-order valence-corrected chi connectivity index (χ1v) is 5.27. The van der Waals surface area contributed by atoms with Crippen LogP contribution in [-0.4, -0.2) is 18.8 Å². The summed E-state index contributed by atoms with van der Waals surface area (Å²) in [4.78, 5) is 0.726. The SMILES string of the molecule is CNC(C)CSc1ccccc1F. The zero-order chi connectivity index (χ0) is 9.68. The Morgan fingerprint density at radius 1 is 1.46 bits per heavy atom. The van der Waals surface area contributed by atoms with Crippen molar-refractivity contribution in [3.05, 3.63) is 30.1 Å². The summed E-state index contributed by atoms with van der Waals surface area (Å²) in [5.41, 5.74) is 0. The lowest BCUT2D eigenvalue weighted by Gasteiger charge is -2.09. The summed E-state index contributed by atoms with van der Waals surface area (Å²) in [5, 5.41) is 3.11. The summed E-state index contributed by atoms with van der Waals surface area (Å²) in [7, 11) is 1.91. The first-order valence-electron chi connectivity index (χ1n) is 4.28. The molecule has 1 atom stereocenters. The van der Waals surface area contributed by atoms with E-state index in [0.29, 0.717) is 6.04 Å². The molecule has 0 spiro atoms. The highest BCUT2D eigenvalue weighted by atomic mass is 32.2. The predicted molar refractivity (Wildman–Crippen MR) is 55.6 cm³/mol. The van der Waals surface area contributed by atoms with Gasteiger partial charge in [0.05, 0.1) is 0 Å². The molecule has 0 aliphatic carbocycles. The van der Waals surface area contributed by atoms with Crippen LogP contribution in [0.2, 0.25) is 0 Å². The summed E-state index contributed by atoms with van der Waals surface area (Å²) >= 11 is 1.54. The van der Waals surface area contributed by atoms with E-state index >= 15 is 0 Å². The maximum Gasteiger partial charge on any atom is 0.136 e. The van der Waals surface area contributed by atoms with E-state index in [9.17, 15) is 4.39 Å². The van der Waals surface area contributed by atoms with Gasteiger partial charge in [0, 0.05) is 16.7 Å². The van der Waals surface area contributed by atoms with Crippen LogP contribution in [0, 0.1) is 5.82 Å². The lowest BCUT2D eigenvalue weighted by atomic mass is 10.3. The molecule has 0 saturated heterocycles. The summed E-state index contributed by atoms with van der Waals surface area (Å²) in [6.45, 7) is 2.08. The van der Waals surface area contributed by atoms with Gasteiger partial charge in [0.25, 0.3) is 0 Å². The number of nitrogens with one attached hydrogen (secondary N) is 1. The zero-order valence-electron chi connectivity index (χ0n) is 7.88. The van der Waals surface area contributed by atoms with Crippen LogP contribution in [0.15, 0.2) is 29.2 Å². The Morgan fingerprint density at radius 2 is 2.15 bits per heavy atom. The zero-order valence-corrected chi connectivity index (χ0v) is 8.70. The van der Waals surface area contributed by atoms with Crippen molar-refractivity contribution < 1.29 is 4.39 Å². The number of benzene rings is 1. The molecule has 0 heterocycles.